The van der Waals surface area contributed by atoms with Gasteiger partial charge in [0.25, 0.3) is 0 Å². The summed E-state index contributed by atoms with van der Waals surface area (Å²) in [5.41, 5.74) is 2.87. The van der Waals surface area contributed by atoms with Crippen molar-refractivity contribution in [3.8, 4) is 6.07 Å². The van der Waals surface area contributed by atoms with E-state index in [2.05, 4.69) is 21.4 Å². The molecule has 0 spiro atoms. The molecule has 1 aromatic heterocycles. The van der Waals surface area contributed by atoms with Crippen molar-refractivity contribution >= 4 is 28.9 Å². The Labute approximate surface area is 144 Å². The van der Waals surface area contributed by atoms with E-state index in [-0.39, 0.29) is 5.71 Å². The predicted octanol–water partition coefficient (Wildman–Crippen LogP) is 4.16. The van der Waals surface area contributed by atoms with E-state index >= 15 is 0 Å². The number of benzene rings is 2. The Hall–Kier alpha value is -3.23. The maximum atomic E-state index is 8.81. The quantitative estimate of drug-likeness (QED) is 0.702. The topological polar surface area (TPSA) is 85.5 Å². The van der Waals surface area contributed by atoms with Gasteiger partial charge in [-0.2, -0.15) is 5.26 Å². The van der Waals surface area contributed by atoms with Gasteiger partial charge < -0.3 is 5.32 Å². The summed E-state index contributed by atoms with van der Waals surface area (Å²) in [5.74, 6) is 0.385. The smallest absolute Gasteiger partial charge is 0.227 e. The molecule has 0 saturated carbocycles. The minimum absolute atomic E-state index is 0.289. The number of hydrogen-bond acceptors (Lipinski definition) is 5. The van der Waals surface area contributed by atoms with Crippen LogP contribution in [0.3, 0.4) is 0 Å². The van der Waals surface area contributed by atoms with Crippen molar-refractivity contribution in [3.05, 3.63) is 82.6 Å². The Morgan fingerprint density at radius 2 is 1.75 bits per heavy atom. The van der Waals surface area contributed by atoms with Gasteiger partial charge in [0, 0.05) is 22.5 Å². The van der Waals surface area contributed by atoms with E-state index < -0.39 is 0 Å². The number of hydrogen-bond donors (Lipinski definition) is 2. The summed E-state index contributed by atoms with van der Waals surface area (Å²) in [5, 5.41) is 20.8. The molecule has 1 heterocycles. The van der Waals surface area contributed by atoms with E-state index in [9.17, 15) is 0 Å². The zero-order chi connectivity index (χ0) is 16.9. The molecule has 0 radical (unpaired) electrons. The fraction of sp³-hybridized carbons (Fsp3) is 0. The molecule has 2 N–H and O–H groups in total. The van der Waals surface area contributed by atoms with Crippen LogP contribution in [-0.4, -0.2) is 15.7 Å². The molecule has 0 amide bonds. The average molecular weight is 334 g/mol. The van der Waals surface area contributed by atoms with Gasteiger partial charge in [0.2, 0.25) is 5.95 Å². The monoisotopic (exact) mass is 333 g/mol. The van der Waals surface area contributed by atoms with Gasteiger partial charge in [-0.3, -0.25) is 5.41 Å². The third-order valence-corrected chi connectivity index (χ3v) is 3.57. The standard InChI is InChI=1S/C18H12ClN5/c19-14-5-3-13(4-6-14)17(21)16-9-10-22-18(24-16)23-15-7-1-12(11-20)2-8-15/h1-10,21H,(H,22,23,24). The molecule has 3 rings (SSSR count). The minimum atomic E-state index is 0.289. The first kappa shape index (κ1) is 15.7. The number of nitriles is 1. The van der Waals surface area contributed by atoms with Crippen molar-refractivity contribution in [2.24, 2.45) is 0 Å². The van der Waals surface area contributed by atoms with Gasteiger partial charge in [-0.05, 0) is 42.5 Å². The Bertz CT molecular complexity index is 911. The normalized spacial score (nSPS) is 10.0. The van der Waals surface area contributed by atoms with E-state index in [1.165, 1.54) is 0 Å². The average Bonchev–Trinajstić information content (AvgIpc) is 2.63. The van der Waals surface area contributed by atoms with Gasteiger partial charge in [0.1, 0.15) is 0 Å². The van der Waals surface area contributed by atoms with Gasteiger partial charge in [-0.1, -0.05) is 23.7 Å². The van der Waals surface area contributed by atoms with Crippen LogP contribution in [0.4, 0.5) is 11.6 Å². The van der Waals surface area contributed by atoms with Crippen molar-refractivity contribution in [1.29, 1.82) is 10.7 Å². The summed E-state index contributed by atoms with van der Waals surface area (Å²) in [4.78, 5) is 8.53. The number of halogens is 1. The number of nitrogens with one attached hydrogen (secondary N) is 2. The maximum Gasteiger partial charge on any atom is 0.227 e. The van der Waals surface area contributed by atoms with Gasteiger partial charge in [-0.25, -0.2) is 9.97 Å². The van der Waals surface area contributed by atoms with E-state index in [1.807, 2.05) is 0 Å². The molecule has 0 fully saturated rings. The highest BCUT2D eigenvalue weighted by molar-refractivity contribution is 6.30. The second-order valence-corrected chi connectivity index (χ2v) is 5.40. The van der Waals surface area contributed by atoms with E-state index in [4.69, 9.17) is 22.3 Å². The van der Waals surface area contributed by atoms with Crippen LogP contribution in [0, 0.1) is 16.7 Å². The first-order valence-electron chi connectivity index (χ1n) is 7.11. The zero-order valence-electron chi connectivity index (χ0n) is 12.5. The van der Waals surface area contributed by atoms with E-state index in [0.717, 1.165) is 11.3 Å². The molecule has 0 saturated heterocycles. The summed E-state index contributed by atoms with van der Waals surface area (Å²) in [6.07, 6.45) is 1.60. The second-order valence-electron chi connectivity index (χ2n) is 4.96. The SMILES string of the molecule is N#Cc1ccc(Nc2nccc(C(=N)c3ccc(Cl)cc3)n2)cc1. The Balaban J connectivity index is 1.82. The van der Waals surface area contributed by atoms with E-state index in [1.54, 1.807) is 60.8 Å². The van der Waals surface area contributed by atoms with Crippen LogP contribution in [0.1, 0.15) is 16.8 Å². The zero-order valence-corrected chi connectivity index (χ0v) is 13.2. The lowest BCUT2D eigenvalue weighted by Crippen LogP contribution is -2.07. The van der Waals surface area contributed by atoms with Crippen molar-refractivity contribution in [2.75, 3.05) is 5.32 Å². The molecule has 0 aliphatic rings. The van der Waals surface area contributed by atoms with Crippen LogP contribution in [-0.2, 0) is 0 Å². The Morgan fingerprint density at radius 3 is 2.42 bits per heavy atom. The molecule has 2 aromatic carbocycles. The lowest BCUT2D eigenvalue weighted by molar-refractivity contribution is 1.14. The number of aromatic nitrogens is 2. The molecule has 0 aliphatic carbocycles. The molecule has 0 bridgehead atoms. The summed E-state index contributed by atoms with van der Waals surface area (Å²) in [6, 6.07) is 17.8. The molecular formula is C18H12ClN5. The third kappa shape index (κ3) is 3.57. The van der Waals surface area contributed by atoms with Gasteiger partial charge in [0.05, 0.1) is 23.0 Å². The molecule has 0 atom stereocenters. The molecule has 0 aliphatic heterocycles. The molecule has 3 aromatic rings. The lowest BCUT2D eigenvalue weighted by atomic mass is 10.1. The highest BCUT2D eigenvalue weighted by Gasteiger charge is 2.08. The van der Waals surface area contributed by atoms with Crippen molar-refractivity contribution < 1.29 is 0 Å². The highest BCUT2D eigenvalue weighted by Crippen LogP contribution is 2.16. The van der Waals surface area contributed by atoms with Crippen LogP contribution in [0.2, 0.25) is 5.02 Å². The van der Waals surface area contributed by atoms with E-state index in [0.29, 0.717) is 22.2 Å². The van der Waals surface area contributed by atoms with Crippen LogP contribution in [0.5, 0.6) is 0 Å². The molecular weight excluding hydrogens is 322 g/mol. The second kappa shape index (κ2) is 6.90. The minimum Gasteiger partial charge on any atom is -0.324 e. The maximum absolute atomic E-state index is 8.81. The number of nitrogens with zero attached hydrogens (tertiary/aromatic N) is 3. The van der Waals surface area contributed by atoms with Crippen LogP contribution >= 0.6 is 11.6 Å². The fourth-order valence-electron chi connectivity index (χ4n) is 2.08. The lowest BCUT2D eigenvalue weighted by Gasteiger charge is -2.08. The molecule has 6 heteroatoms. The van der Waals surface area contributed by atoms with Gasteiger partial charge >= 0.3 is 0 Å². The van der Waals surface area contributed by atoms with Crippen molar-refractivity contribution in [2.45, 2.75) is 0 Å². The van der Waals surface area contributed by atoms with Gasteiger partial charge in [0.15, 0.2) is 0 Å². The molecule has 5 nitrogen and oxygen atoms in total. The number of anilines is 2. The highest BCUT2D eigenvalue weighted by atomic mass is 35.5. The largest absolute Gasteiger partial charge is 0.324 e. The molecule has 0 unspecified atom stereocenters. The van der Waals surface area contributed by atoms with Gasteiger partial charge in [-0.15, -0.1) is 0 Å². The van der Waals surface area contributed by atoms with Crippen molar-refractivity contribution in [1.82, 2.24) is 9.97 Å². The Morgan fingerprint density at radius 1 is 1.04 bits per heavy atom. The third-order valence-electron chi connectivity index (χ3n) is 3.31. The number of rotatable bonds is 4. The summed E-state index contributed by atoms with van der Waals surface area (Å²) in [7, 11) is 0. The van der Waals surface area contributed by atoms with Crippen LogP contribution in [0.25, 0.3) is 0 Å². The molecule has 116 valence electrons. The summed E-state index contributed by atoms with van der Waals surface area (Å²) in [6.45, 7) is 0. The first-order chi connectivity index (χ1) is 11.7. The van der Waals surface area contributed by atoms with Crippen molar-refractivity contribution in [3.63, 3.8) is 0 Å². The first-order valence-corrected chi connectivity index (χ1v) is 7.48. The molecule has 24 heavy (non-hydrogen) atoms. The summed E-state index contributed by atoms with van der Waals surface area (Å²) < 4.78 is 0. The predicted molar refractivity (Wildman–Crippen MR) is 93.9 cm³/mol. The van der Waals surface area contributed by atoms with Crippen LogP contribution < -0.4 is 5.32 Å². The summed E-state index contributed by atoms with van der Waals surface area (Å²) >= 11 is 5.87. The fourth-order valence-corrected chi connectivity index (χ4v) is 2.21. The van der Waals surface area contributed by atoms with Crippen LogP contribution in [0.15, 0.2) is 60.8 Å². The Kier molecular flexibility index (Phi) is 4.50.